The van der Waals surface area contributed by atoms with Crippen LogP contribution in [0.3, 0.4) is 0 Å². The van der Waals surface area contributed by atoms with Gasteiger partial charge in [-0.05, 0) is 43.6 Å². The highest BCUT2D eigenvalue weighted by molar-refractivity contribution is 5.85. The monoisotopic (exact) mass is 285 g/mol. The van der Waals surface area contributed by atoms with E-state index in [4.69, 9.17) is 0 Å². The number of halogens is 1. The summed E-state index contributed by atoms with van der Waals surface area (Å²) in [5.41, 5.74) is 0.259. The van der Waals surface area contributed by atoms with E-state index in [0.29, 0.717) is 11.8 Å². The number of hydrogen-bond donors (Lipinski definition) is 1. The molecule has 0 aliphatic carbocycles. The molecule has 1 aromatic heterocycles. The molecule has 3 heteroatoms. The third-order valence-corrected chi connectivity index (χ3v) is 3.47. The van der Waals surface area contributed by atoms with Gasteiger partial charge in [-0.3, -0.25) is 4.98 Å². The predicted molar refractivity (Wildman–Crippen MR) is 83.5 cm³/mol. The highest BCUT2D eigenvalue weighted by Crippen LogP contribution is 2.33. The summed E-state index contributed by atoms with van der Waals surface area (Å²) in [6.07, 6.45) is 7.30. The van der Waals surface area contributed by atoms with Gasteiger partial charge in [0.2, 0.25) is 0 Å². The van der Waals surface area contributed by atoms with Crippen LogP contribution in [-0.2, 0) is 5.60 Å². The molecule has 0 saturated carbocycles. The predicted octanol–water partition coefficient (Wildman–Crippen LogP) is 4.56. The number of hydrogen-bond acceptors (Lipinski definition) is 2. The third kappa shape index (κ3) is 6.40. The maximum Gasteiger partial charge on any atom is 0.0911 e. The molecule has 0 fully saturated rings. The minimum atomic E-state index is -0.706. The Labute approximate surface area is 124 Å². The summed E-state index contributed by atoms with van der Waals surface area (Å²) in [4.78, 5) is 4.14. The Morgan fingerprint density at radius 1 is 1.11 bits per heavy atom. The molecule has 0 atom stereocenters. The molecule has 0 radical (unpaired) electrons. The summed E-state index contributed by atoms with van der Waals surface area (Å²) in [6.45, 7) is 8.80. The molecule has 110 valence electrons. The van der Waals surface area contributed by atoms with Crippen LogP contribution >= 0.6 is 12.4 Å². The lowest BCUT2D eigenvalue weighted by Crippen LogP contribution is -2.27. The zero-order chi connectivity index (χ0) is 13.6. The Morgan fingerprint density at radius 2 is 1.63 bits per heavy atom. The van der Waals surface area contributed by atoms with Gasteiger partial charge in [0.05, 0.1) is 5.60 Å². The van der Waals surface area contributed by atoms with Gasteiger partial charge in [-0.2, -0.15) is 0 Å². The molecule has 1 rings (SSSR count). The Morgan fingerprint density at radius 3 is 2.00 bits per heavy atom. The Bertz CT molecular complexity index is 326. The van der Waals surface area contributed by atoms with Crippen LogP contribution in [0.4, 0.5) is 0 Å². The Hall–Kier alpha value is -0.600. The van der Waals surface area contributed by atoms with Crippen LogP contribution in [0.15, 0.2) is 24.5 Å². The first-order valence-corrected chi connectivity index (χ1v) is 7.07. The molecular weight excluding hydrogens is 258 g/mol. The minimum Gasteiger partial charge on any atom is -0.385 e. The first-order valence-electron chi connectivity index (χ1n) is 7.07. The van der Waals surface area contributed by atoms with Crippen LogP contribution in [0.1, 0.15) is 58.9 Å². The number of aromatic nitrogens is 1. The van der Waals surface area contributed by atoms with E-state index in [2.05, 4.69) is 32.7 Å². The average molecular weight is 286 g/mol. The SMILES string of the molecule is CC(C)CCC(O)(CCC(C)C)c1cccnc1.Cl. The van der Waals surface area contributed by atoms with E-state index in [1.54, 1.807) is 12.4 Å². The molecule has 1 N–H and O–H groups in total. The molecule has 0 aliphatic rings. The lowest BCUT2D eigenvalue weighted by Gasteiger charge is -2.30. The van der Waals surface area contributed by atoms with Gasteiger partial charge in [-0.1, -0.05) is 33.8 Å². The lowest BCUT2D eigenvalue weighted by atomic mass is 9.82. The van der Waals surface area contributed by atoms with Crippen LogP contribution < -0.4 is 0 Å². The van der Waals surface area contributed by atoms with Crippen molar-refractivity contribution in [3.63, 3.8) is 0 Å². The molecule has 1 aromatic rings. The fourth-order valence-electron chi connectivity index (χ4n) is 2.11. The average Bonchev–Trinajstić information content (AvgIpc) is 2.35. The van der Waals surface area contributed by atoms with Crippen molar-refractivity contribution in [1.82, 2.24) is 4.98 Å². The van der Waals surface area contributed by atoms with Gasteiger partial charge in [-0.15, -0.1) is 12.4 Å². The lowest BCUT2D eigenvalue weighted by molar-refractivity contribution is 0.00813. The molecular formula is C16H28ClNO. The second-order valence-electron chi connectivity index (χ2n) is 6.14. The zero-order valence-corrected chi connectivity index (χ0v) is 13.4. The van der Waals surface area contributed by atoms with E-state index in [0.717, 1.165) is 31.2 Å². The highest BCUT2D eigenvalue weighted by Gasteiger charge is 2.29. The second kappa shape index (κ2) is 8.55. The largest absolute Gasteiger partial charge is 0.385 e. The second-order valence-corrected chi connectivity index (χ2v) is 6.14. The van der Waals surface area contributed by atoms with Crippen molar-refractivity contribution in [2.24, 2.45) is 11.8 Å². The summed E-state index contributed by atoms with van der Waals surface area (Å²) < 4.78 is 0. The summed E-state index contributed by atoms with van der Waals surface area (Å²) in [5, 5.41) is 10.9. The van der Waals surface area contributed by atoms with Crippen LogP contribution in [0.5, 0.6) is 0 Å². The molecule has 0 spiro atoms. The van der Waals surface area contributed by atoms with Gasteiger partial charge < -0.3 is 5.11 Å². The van der Waals surface area contributed by atoms with Crippen molar-refractivity contribution < 1.29 is 5.11 Å². The summed E-state index contributed by atoms with van der Waals surface area (Å²) in [7, 11) is 0. The molecule has 2 nitrogen and oxygen atoms in total. The van der Waals surface area contributed by atoms with Crippen LogP contribution in [0.2, 0.25) is 0 Å². The van der Waals surface area contributed by atoms with Crippen molar-refractivity contribution >= 4 is 12.4 Å². The minimum absolute atomic E-state index is 0. The van der Waals surface area contributed by atoms with Gasteiger partial charge in [0.25, 0.3) is 0 Å². The Kier molecular flexibility index (Phi) is 8.28. The normalized spacial score (nSPS) is 11.7. The standard InChI is InChI=1S/C16H27NO.ClH/c1-13(2)7-9-16(18,10-8-14(3)4)15-6-5-11-17-12-15;/h5-6,11-14,18H,7-10H2,1-4H3;1H. The van der Waals surface area contributed by atoms with E-state index in [-0.39, 0.29) is 12.4 Å². The van der Waals surface area contributed by atoms with Gasteiger partial charge in [0.1, 0.15) is 0 Å². The number of aliphatic hydroxyl groups is 1. The van der Waals surface area contributed by atoms with Crippen molar-refractivity contribution in [3.8, 4) is 0 Å². The molecule has 0 bridgehead atoms. The number of nitrogens with zero attached hydrogens (tertiary/aromatic N) is 1. The molecule has 0 aromatic carbocycles. The van der Waals surface area contributed by atoms with Gasteiger partial charge in [0.15, 0.2) is 0 Å². The molecule has 0 unspecified atom stereocenters. The molecule has 1 heterocycles. The molecule has 0 amide bonds. The smallest absolute Gasteiger partial charge is 0.0911 e. The fourth-order valence-corrected chi connectivity index (χ4v) is 2.11. The maximum absolute atomic E-state index is 10.9. The van der Waals surface area contributed by atoms with E-state index >= 15 is 0 Å². The summed E-state index contributed by atoms with van der Waals surface area (Å²) in [6, 6.07) is 3.90. The molecule has 0 aliphatic heterocycles. The van der Waals surface area contributed by atoms with Crippen molar-refractivity contribution in [2.75, 3.05) is 0 Å². The first kappa shape index (κ1) is 18.4. The number of rotatable bonds is 7. The number of pyridine rings is 1. The van der Waals surface area contributed by atoms with E-state index in [1.165, 1.54) is 0 Å². The van der Waals surface area contributed by atoms with Gasteiger partial charge >= 0.3 is 0 Å². The summed E-state index contributed by atoms with van der Waals surface area (Å²) in [5.74, 6) is 1.24. The molecule has 19 heavy (non-hydrogen) atoms. The first-order chi connectivity index (χ1) is 8.44. The third-order valence-electron chi connectivity index (χ3n) is 3.47. The molecule has 0 saturated heterocycles. The van der Waals surface area contributed by atoms with Crippen molar-refractivity contribution in [3.05, 3.63) is 30.1 Å². The van der Waals surface area contributed by atoms with Gasteiger partial charge in [0, 0.05) is 18.0 Å². The van der Waals surface area contributed by atoms with E-state index in [1.807, 2.05) is 12.1 Å². The van der Waals surface area contributed by atoms with Crippen molar-refractivity contribution in [1.29, 1.82) is 0 Å². The van der Waals surface area contributed by atoms with Crippen LogP contribution in [0, 0.1) is 11.8 Å². The van der Waals surface area contributed by atoms with E-state index < -0.39 is 5.60 Å². The Balaban J connectivity index is 0.00000324. The van der Waals surface area contributed by atoms with Crippen molar-refractivity contribution in [2.45, 2.75) is 59.0 Å². The zero-order valence-electron chi connectivity index (χ0n) is 12.6. The summed E-state index contributed by atoms with van der Waals surface area (Å²) >= 11 is 0. The van der Waals surface area contributed by atoms with Crippen LogP contribution in [-0.4, -0.2) is 10.1 Å². The quantitative estimate of drug-likeness (QED) is 0.796. The van der Waals surface area contributed by atoms with Crippen LogP contribution in [0.25, 0.3) is 0 Å². The van der Waals surface area contributed by atoms with E-state index in [9.17, 15) is 5.11 Å². The topological polar surface area (TPSA) is 33.1 Å². The highest BCUT2D eigenvalue weighted by atomic mass is 35.5. The fraction of sp³-hybridized carbons (Fsp3) is 0.688. The van der Waals surface area contributed by atoms with Gasteiger partial charge in [-0.25, -0.2) is 0 Å². The maximum atomic E-state index is 10.9.